The number of hydrogen-bond donors (Lipinski definition) is 1. The highest BCUT2D eigenvalue weighted by atomic mass is 32.1. The molecule has 0 bridgehead atoms. The van der Waals surface area contributed by atoms with Crippen LogP contribution in [-0.2, 0) is 13.1 Å². The van der Waals surface area contributed by atoms with Crippen molar-refractivity contribution in [3.63, 3.8) is 0 Å². The molecule has 0 atom stereocenters. The molecule has 0 aliphatic carbocycles. The summed E-state index contributed by atoms with van der Waals surface area (Å²) in [6, 6.07) is 0. The van der Waals surface area contributed by atoms with Crippen LogP contribution in [0, 0.1) is 13.8 Å². The second kappa shape index (κ2) is 4.96. The third-order valence-electron chi connectivity index (χ3n) is 3.50. The molecule has 2 aromatic heterocycles. The predicted octanol–water partition coefficient (Wildman–Crippen LogP) is 0.711. The monoisotopic (exact) mass is 305 g/mol. The number of amides is 2. The number of nitrogens with zero attached hydrogens (tertiary/aromatic N) is 4. The molecule has 0 fully saturated rings. The van der Waals surface area contributed by atoms with Gasteiger partial charge in [-0.05, 0) is 13.8 Å². The van der Waals surface area contributed by atoms with E-state index in [-0.39, 0.29) is 5.91 Å². The third kappa shape index (κ3) is 2.31. The molecule has 1 aliphatic heterocycles. The van der Waals surface area contributed by atoms with Gasteiger partial charge in [-0.2, -0.15) is 0 Å². The lowest BCUT2D eigenvalue weighted by molar-refractivity contribution is 0.0710. The number of nitrogens with two attached hydrogens (primary N) is 1. The summed E-state index contributed by atoms with van der Waals surface area (Å²) < 4.78 is 1.77. The van der Waals surface area contributed by atoms with E-state index in [4.69, 9.17) is 5.73 Å². The third-order valence-corrected chi connectivity index (χ3v) is 4.56. The van der Waals surface area contributed by atoms with Crippen LogP contribution in [0.1, 0.15) is 36.7 Å². The number of imidazole rings is 1. The number of thiazole rings is 1. The van der Waals surface area contributed by atoms with Gasteiger partial charge in [0, 0.05) is 13.1 Å². The van der Waals surface area contributed by atoms with E-state index in [2.05, 4.69) is 9.97 Å². The molecule has 0 radical (unpaired) electrons. The fourth-order valence-corrected chi connectivity index (χ4v) is 3.39. The highest BCUT2D eigenvalue weighted by molar-refractivity contribution is 7.13. The second-order valence-corrected chi connectivity index (χ2v) is 6.15. The van der Waals surface area contributed by atoms with Gasteiger partial charge in [0.2, 0.25) is 0 Å². The zero-order valence-corrected chi connectivity index (χ0v) is 12.6. The first-order valence-electron chi connectivity index (χ1n) is 6.55. The summed E-state index contributed by atoms with van der Waals surface area (Å²) in [5.74, 6) is 0.151. The van der Waals surface area contributed by atoms with E-state index < -0.39 is 5.91 Å². The lowest BCUT2D eigenvalue weighted by Gasteiger charge is -2.28. The van der Waals surface area contributed by atoms with Crippen molar-refractivity contribution in [2.45, 2.75) is 26.9 Å². The number of carbonyl (C=O) groups is 2. The Bertz CT molecular complexity index is 733. The quantitative estimate of drug-likeness (QED) is 0.884. The van der Waals surface area contributed by atoms with Gasteiger partial charge in [-0.15, -0.1) is 11.3 Å². The lowest BCUT2D eigenvalue weighted by Crippen LogP contribution is -2.39. The SMILES string of the molecule is Cc1nc(C)c(C(=O)N2CCn3c(C(N)=O)cnc3C2)s1. The Morgan fingerprint density at radius 2 is 2.10 bits per heavy atom. The number of primary amides is 1. The van der Waals surface area contributed by atoms with Crippen molar-refractivity contribution in [1.29, 1.82) is 0 Å². The maximum absolute atomic E-state index is 12.6. The zero-order valence-electron chi connectivity index (χ0n) is 11.8. The molecule has 0 saturated heterocycles. The van der Waals surface area contributed by atoms with Crippen LogP contribution >= 0.6 is 11.3 Å². The molecular formula is C13H15N5O2S. The van der Waals surface area contributed by atoms with Crippen molar-refractivity contribution in [2.24, 2.45) is 5.73 Å². The number of aromatic nitrogens is 3. The van der Waals surface area contributed by atoms with Crippen molar-refractivity contribution in [2.75, 3.05) is 6.54 Å². The number of fused-ring (bicyclic) bond motifs is 1. The van der Waals surface area contributed by atoms with Crippen LogP contribution in [0.25, 0.3) is 0 Å². The van der Waals surface area contributed by atoms with E-state index in [9.17, 15) is 9.59 Å². The molecule has 0 unspecified atom stereocenters. The van der Waals surface area contributed by atoms with Gasteiger partial charge >= 0.3 is 0 Å². The van der Waals surface area contributed by atoms with E-state index in [1.807, 2.05) is 13.8 Å². The molecule has 0 spiro atoms. The van der Waals surface area contributed by atoms with Crippen LogP contribution in [0.3, 0.4) is 0 Å². The molecule has 7 nitrogen and oxygen atoms in total. The molecule has 8 heteroatoms. The summed E-state index contributed by atoms with van der Waals surface area (Å²) in [4.78, 5) is 34.7. The van der Waals surface area contributed by atoms with Crippen molar-refractivity contribution in [1.82, 2.24) is 19.4 Å². The Morgan fingerprint density at radius 1 is 1.33 bits per heavy atom. The average molecular weight is 305 g/mol. The number of hydrogen-bond acceptors (Lipinski definition) is 5. The summed E-state index contributed by atoms with van der Waals surface area (Å²) in [5, 5.41) is 0.880. The van der Waals surface area contributed by atoms with Gasteiger partial charge in [-0.1, -0.05) is 0 Å². The van der Waals surface area contributed by atoms with Gasteiger partial charge in [0.15, 0.2) is 0 Å². The van der Waals surface area contributed by atoms with Crippen molar-refractivity contribution >= 4 is 23.2 Å². The van der Waals surface area contributed by atoms with Crippen LogP contribution in [0.5, 0.6) is 0 Å². The largest absolute Gasteiger partial charge is 0.364 e. The predicted molar refractivity (Wildman–Crippen MR) is 77.1 cm³/mol. The maximum Gasteiger partial charge on any atom is 0.266 e. The van der Waals surface area contributed by atoms with Gasteiger partial charge in [0.05, 0.1) is 23.4 Å². The Labute approximate surface area is 125 Å². The summed E-state index contributed by atoms with van der Waals surface area (Å²) in [6.07, 6.45) is 1.47. The second-order valence-electron chi connectivity index (χ2n) is 4.95. The number of carbonyl (C=O) groups excluding carboxylic acids is 2. The zero-order chi connectivity index (χ0) is 15.1. The molecule has 110 valence electrons. The Morgan fingerprint density at radius 3 is 2.71 bits per heavy atom. The first-order chi connectivity index (χ1) is 9.97. The van der Waals surface area contributed by atoms with E-state index in [1.165, 1.54) is 17.5 Å². The molecule has 2 amide bonds. The van der Waals surface area contributed by atoms with Gasteiger partial charge < -0.3 is 15.2 Å². The van der Waals surface area contributed by atoms with Gasteiger partial charge in [0.1, 0.15) is 16.4 Å². The van der Waals surface area contributed by atoms with Gasteiger partial charge in [-0.25, -0.2) is 9.97 Å². The Kier molecular flexibility index (Phi) is 3.25. The molecule has 3 rings (SSSR count). The minimum Gasteiger partial charge on any atom is -0.364 e. The highest BCUT2D eigenvalue weighted by Crippen LogP contribution is 2.22. The van der Waals surface area contributed by atoms with Crippen LogP contribution in [0.2, 0.25) is 0 Å². The smallest absolute Gasteiger partial charge is 0.266 e. The van der Waals surface area contributed by atoms with Gasteiger partial charge in [-0.3, -0.25) is 9.59 Å². The fraction of sp³-hybridized carbons (Fsp3) is 0.385. The van der Waals surface area contributed by atoms with Crippen molar-refractivity contribution in [3.05, 3.63) is 33.3 Å². The van der Waals surface area contributed by atoms with E-state index >= 15 is 0 Å². The normalized spacial score (nSPS) is 14.1. The number of aryl methyl sites for hydroxylation is 2. The molecule has 2 N–H and O–H groups in total. The fourth-order valence-electron chi connectivity index (χ4n) is 2.50. The molecule has 0 aromatic carbocycles. The van der Waals surface area contributed by atoms with E-state index in [0.29, 0.717) is 36.0 Å². The molecule has 0 saturated carbocycles. The summed E-state index contributed by atoms with van der Waals surface area (Å²) in [6.45, 7) is 5.15. The number of rotatable bonds is 2. The molecule has 3 heterocycles. The average Bonchev–Trinajstić information content (AvgIpc) is 3.00. The van der Waals surface area contributed by atoms with Crippen LogP contribution in [0.15, 0.2) is 6.20 Å². The van der Waals surface area contributed by atoms with Gasteiger partial charge in [0.25, 0.3) is 11.8 Å². The minimum absolute atomic E-state index is 0.0343. The van der Waals surface area contributed by atoms with Crippen LogP contribution in [-0.4, -0.2) is 37.8 Å². The van der Waals surface area contributed by atoms with Crippen molar-refractivity contribution < 1.29 is 9.59 Å². The van der Waals surface area contributed by atoms with Crippen molar-refractivity contribution in [3.8, 4) is 0 Å². The highest BCUT2D eigenvalue weighted by Gasteiger charge is 2.27. The standard InChI is InChI=1S/C13H15N5O2S/c1-7-11(21-8(2)16-7)13(20)17-3-4-18-9(12(14)19)5-15-10(18)6-17/h5H,3-4,6H2,1-2H3,(H2,14,19). The first-order valence-corrected chi connectivity index (χ1v) is 7.36. The summed E-state index contributed by atoms with van der Waals surface area (Å²) in [5.41, 5.74) is 6.45. The first kappa shape index (κ1) is 13.7. The molecule has 2 aromatic rings. The Balaban J connectivity index is 1.85. The molecule has 1 aliphatic rings. The summed E-state index contributed by atoms with van der Waals surface area (Å²) >= 11 is 1.40. The van der Waals surface area contributed by atoms with Crippen LogP contribution in [0.4, 0.5) is 0 Å². The minimum atomic E-state index is -0.498. The van der Waals surface area contributed by atoms with E-state index in [0.717, 1.165) is 10.7 Å². The molecular weight excluding hydrogens is 290 g/mol. The Hall–Kier alpha value is -2.22. The molecule has 21 heavy (non-hydrogen) atoms. The van der Waals surface area contributed by atoms with E-state index in [1.54, 1.807) is 9.47 Å². The topological polar surface area (TPSA) is 94.1 Å². The maximum atomic E-state index is 12.6. The van der Waals surface area contributed by atoms with Crippen LogP contribution < -0.4 is 5.73 Å². The lowest BCUT2D eigenvalue weighted by atomic mass is 10.3. The summed E-state index contributed by atoms with van der Waals surface area (Å²) in [7, 11) is 0.